The number of carbonyl (C=O) groups is 1. The molecule has 0 aliphatic carbocycles. The summed E-state index contributed by atoms with van der Waals surface area (Å²) >= 11 is 5.79. The fourth-order valence-corrected chi connectivity index (χ4v) is 1.77. The van der Waals surface area contributed by atoms with Gasteiger partial charge in [-0.1, -0.05) is 11.6 Å². The fourth-order valence-electron chi connectivity index (χ4n) is 1.64. The van der Waals surface area contributed by atoms with Gasteiger partial charge in [-0.2, -0.15) is 5.26 Å². The first kappa shape index (κ1) is 14.9. The van der Waals surface area contributed by atoms with Crippen LogP contribution in [0.2, 0.25) is 5.02 Å². The second-order valence-corrected chi connectivity index (χ2v) is 4.83. The van der Waals surface area contributed by atoms with Crippen molar-refractivity contribution in [2.24, 2.45) is 0 Å². The van der Waals surface area contributed by atoms with Gasteiger partial charge in [-0.15, -0.1) is 0 Å². The Kier molecular flexibility index (Phi) is 4.81. The lowest BCUT2D eigenvalue weighted by molar-refractivity contribution is -0.122. The van der Waals surface area contributed by atoms with Crippen molar-refractivity contribution < 1.29 is 9.53 Å². The van der Waals surface area contributed by atoms with Crippen molar-refractivity contribution in [3.05, 3.63) is 59.1 Å². The van der Waals surface area contributed by atoms with E-state index in [9.17, 15) is 4.79 Å². The number of carbonyl (C=O) groups excluding carboxylic acids is 1. The van der Waals surface area contributed by atoms with Crippen molar-refractivity contribution in [2.45, 2.75) is 13.0 Å². The van der Waals surface area contributed by atoms with Crippen LogP contribution in [0.3, 0.4) is 0 Å². The molecular weight excluding hydrogens is 288 g/mol. The average molecular weight is 301 g/mol. The molecule has 1 atom stereocenters. The Hall–Kier alpha value is -2.51. The van der Waals surface area contributed by atoms with Gasteiger partial charge >= 0.3 is 0 Å². The van der Waals surface area contributed by atoms with Gasteiger partial charge in [0.1, 0.15) is 5.75 Å². The SMILES string of the molecule is CC(Oc1ccc(Cl)cc1)C(=O)Nc1ccc(C#N)cc1. The van der Waals surface area contributed by atoms with Crippen LogP contribution in [0, 0.1) is 11.3 Å². The van der Waals surface area contributed by atoms with Gasteiger partial charge in [0.25, 0.3) is 5.91 Å². The van der Waals surface area contributed by atoms with E-state index in [1.165, 1.54) is 0 Å². The number of hydrogen-bond donors (Lipinski definition) is 1. The van der Waals surface area contributed by atoms with Crippen molar-refractivity contribution in [3.8, 4) is 11.8 Å². The van der Waals surface area contributed by atoms with E-state index in [0.29, 0.717) is 22.0 Å². The summed E-state index contributed by atoms with van der Waals surface area (Å²) in [5.74, 6) is 0.302. The number of nitriles is 1. The minimum atomic E-state index is -0.651. The summed E-state index contributed by atoms with van der Waals surface area (Å²) in [5, 5.41) is 12.0. The molecule has 21 heavy (non-hydrogen) atoms. The zero-order chi connectivity index (χ0) is 15.2. The van der Waals surface area contributed by atoms with Crippen LogP contribution < -0.4 is 10.1 Å². The molecule has 2 rings (SSSR count). The van der Waals surface area contributed by atoms with Crippen LogP contribution in [0.4, 0.5) is 5.69 Å². The van der Waals surface area contributed by atoms with Crippen LogP contribution in [0.5, 0.6) is 5.75 Å². The summed E-state index contributed by atoms with van der Waals surface area (Å²) in [6.07, 6.45) is -0.651. The molecule has 5 heteroatoms. The second kappa shape index (κ2) is 6.78. The van der Waals surface area contributed by atoms with Crippen molar-refractivity contribution in [3.63, 3.8) is 0 Å². The van der Waals surface area contributed by atoms with Crippen LogP contribution in [-0.2, 0) is 4.79 Å². The molecule has 0 saturated carbocycles. The molecule has 2 aromatic carbocycles. The van der Waals surface area contributed by atoms with Crippen molar-refractivity contribution >= 4 is 23.2 Å². The monoisotopic (exact) mass is 300 g/mol. The Labute approximate surface area is 127 Å². The third-order valence-electron chi connectivity index (χ3n) is 2.78. The Morgan fingerprint density at radius 3 is 2.38 bits per heavy atom. The maximum Gasteiger partial charge on any atom is 0.265 e. The molecule has 0 aliphatic rings. The Morgan fingerprint density at radius 1 is 1.19 bits per heavy atom. The highest BCUT2D eigenvalue weighted by Crippen LogP contribution is 2.17. The number of anilines is 1. The van der Waals surface area contributed by atoms with Crippen LogP contribution in [0.15, 0.2) is 48.5 Å². The highest BCUT2D eigenvalue weighted by molar-refractivity contribution is 6.30. The number of halogens is 1. The minimum Gasteiger partial charge on any atom is -0.481 e. The Bertz CT molecular complexity index is 660. The van der Waals surface area contributed by atoms with Gasteiger partial charge < -0.3 is 10.1 Å². The molecule has 1 amide bonds. The summed E-state index contributed by atoms with van der Waals surface area (Å²) in [6, 6.07) is 15.4. The molecule has 1 N–H and O–H groups in total. The number of nitrogens with one attached hydrogen (secondary N) is 1. The highest BCUT2D eigenvalue weighted by Gasteiger charge is 2.14. The molecule has 0 aliphatic heterocycles. The van der Waals surface area contributed by atoms with E-state index in [-0.39, 0.29) is 5.91 Å². The lowest BCUT2D eigenvalue weighted by atomic mass is 10.2. The molecule has 0 bridgehead atoms. The van der Waals surface area contributed by atoms with Gasteiger partial charge in [-0.25, -0.2) is 0 Å². The van der Waals surface area contributed by atoms with E-state index >= 15 is 0 Å². The molecule has 2 aromatic rings. The van der Waals surface area contributed by atoms with E-state index in [2.05, 4.69) is 5.32 Å². The minimum absolute atomic E-state index is 0.269. The van der Waals surface area contributed by atoms with Crippen molar-refractivity contribution in [1.82, 2.24) is 0 Å². The summed E-state index contributed by atoms with van der Waals surface area (Å²) in [7, 11) is 0. The van der Waals surface area contributed by atoms with Gasteiger partial charge in [0, 0.05) is 10.7 Å². The molecule has 0 fully saturated rings. The van der Waals surface area contributed by atoms with E-state index in [4.69, 9.17) is 21.6 Å². The van der Waals surface area contributed by atoms with Gasteiger partial charge in [-0.3, -0.25) is 4.79 Å². The van der Waals surface area contributed by atoms with E-state index in [0.717, 1.165) is 0 Å². The summed E-state index contributed by atoms with van der Waals surface area (Å²) in [6.45, 7) is 1.66. The zero-order valence-electron chi connectivity index (χ0n) is 11.3. The highest BCUT2D eigenvalue weighted by atomic mass is 35.5. The third-order valence-corrected chi connectivity index (χ3v) is 3.03. The summed E-state index contributed by atoms with van der Waals surface area (Å²) < 4.78 is 5.53. The predicted octanol–water partition coefficient (Wildman–Crippen LogP) is 3.62. The molecule has 106 valence electrons. The number of nitrogens with zero attached hydrogens (tertiary/aromatic N) is 1. The molecule has 0 saturated heterocycles. The second-order valence-electron chi connectivity index (χ2n) is 4.39. The van der Waals surface area contributed by atoms with E-state index in [1.807, 2.05) is 6.07 Å². The molecule has 0 aromatic heterocycles. The van der Waals surface area contributed by atoms with E-state index < -0.39 is 6.10 Å². The first-order chi connectivity index (χ1) is 10.1. The lowest BCUT2D eigenvalue weighted by Gasteiger charge is -2.14. The maximum atomic E-state index is 12.0. The number of benzene rings is 2. The Balaban J connectivity index is 1.95. The molecule has 0 heterocycles. The van der Waals surface area contributed by atoms with Crippen molar-refractivity contribution in [1.29, 1.82) is 5.26 Å². The fraction of sp³-hybridized carbons (Fsp3) is 0.125. The van der Waals surface area contributed by atoms with Gasteiger partial charge in [0.05, 0.1) is 11.6 Å². The lowest BCUT2D eigenvalue weighted by Crippen LogP contribution is -2.30. The quantitative estimate of drug-likeness (QED) is 0.938. The number of hydrogen-bond acceptors (Lipinski definition) is 3. The van der Waals surface area contributed by atoms with Crippen LogP contribution >= 0.6 is 11.6 Å². The van der Waals surface area contributed by atoms with Crippen LogP contribution in [0.25, 0.3) is 0 Å². The largest absolute Gasteiger partial charge is 0.481 e. The summed E-state index contributed by atoms with van der Waals surface area (Å²) in [4.78, 5) is 12.0. The topological polar surface area (TPSA) is 62.1 Å². The number of rotatable bonds is 4. The van der Waals surface area contributed by atoms with Crippen LogP contribution in [-0.4, -0.2) is 12.0 Å². The zero-order valence-corrected chi connectivity index (χ0v) is 12.1. The molecule has 0 radical (unpaired) electrons. The Morgan fingerprint density at radius 2 is 1.81 bits per heavy atom. The van der Waals surface area contributed by atoms with Crippen molar-refractivity contribution in [2.75, 3.05) is 5.32 Å². The smallest absolute Gasteiger partial charge is 0.265 e. The van der Waals surface area contributed by atoms with Gasteiger partial charge in [0.15, 0.2) is 6.10 Å². The molecular formula is C16H13ClN2O2. The first-order valence-corrected chi connectivity index (χ1v) is 6.69. The average Bonchev–Trinajstić information content (AvgIpc) is 2.50. The number of ether oxygens (including phenoxy) is 1. The number of amides is 1. The van der Waals surface area contributed by atoms with E-state index in [1.54, 1.807) is 55.5 Å². The van der Waals surface area contributed by atoms with Gasteiger partial charge in [-0.05, 0) is 55.5 Å². The summed E-state index contributed by atoms with van der Waals surface area (Å²) in [5.41, 5.74) is 1.16. The van der Waals surface area contributed by atoms with Crippen LogP contribution in [0.1, 0.15) is 12.5 Å². The molecule has 0 spiro atoms. The standard InChI is InChI=1S/C16H13ClN2O2/c1-11(21-15-8-4-13(17)5-9-15)16(20)19-14-6-2-12(10-18)3-7-14/h2-9,11H,1H3,(H,19,20). The van der Waals surface area contributed by atoms with Gasteiger partial charge in [0.2, 0.25) is 0 Å². The molecule has 4 nitrogen and oxygen atoms in total. The molecule has 1 unspecified atom stereocenters. The third kappa shape index (κ3) is 4.23. The predicted molar refractivity (Wildman–Crippen MR) is 81.3 cm³/mol. The first-order valence-electron chi connectivity index (χ1n) is 6.32. The normalized spacial score (nSPS) is 11.3. The maximum absolute atomic E-state index is 12.0.